The molecule has 1 aliphatic carbocycles. The monoisotopic (exact) mass is 241 g/mol. The van der Waals surface area contributed by atoms with Crippen molar-refractivity contribution in [2.24, 2.45) is 0 Å². The van der Waals surface area contributed by atoms with Crippen molar-refractivity contribution in [3.05, 3.63) is 29.3 Å². The zero-order chi connectivity index (χ0) is 13.4. The van der Waals surface area contributed by atoms with Crippen molar-refractivity contribution in [1.29, 1.82) is 0 Å². The number of terminal acetylenes is 1. The van der Waals surface area contributed by atoms with Crippen molar-refractivity contribution in [3.63, 3.8) is 0 Å². The van der Waals surface area contributed by atoms with Crippen LogP contribution in [0.3, 0.4) is 0 Å². The van der Waals surface area contributed by atoms with Gasteiger partial charge in [-0.1, -0.05) is 33.6 Å². The molecule has 0 amide bonds. The van der Waals surface area contributed by atoms with E-state index in [1.54, 1.807) is 0 Å². The molecule has 1 heteroatoms. The Morgan fingerprint density at radius 2 is 1.89 bits per heavy atom. The molecule has 0 aromatic heterocycles. The van der Waals surface area contributed by atoms with Gasteiger partial charge in [0, 0.05) is 16.8 Å². The predicted molar refractivity (Wildman–Crippen MR) is 79.0 cm³/mol. The van der Waals surface area contributed by atoms with Crippen LogP contribution in [0.5, 0.6) is 0 Å². The lowest BCUT2D eigenvalue weighted by molar-refractivity contribution is 0.411. The molecule has 1 aromatic rings. The Balaban J connectivity index is 0.000000574. The van der Waals surface area contributed by atoms with Crippen LogP contribution in [0.1, 0.15) is 58.1 Å². The summed E-state index contributed by atoms with van der Waals surface area (Å²) in [5, 5.41) is 3.69. The maximum atomic E-state index is 5.47. The second kappa shape index (κ2) is 4.35. The number of hydrogen-bond donors (Lipinski definition) is 1. The average Bonchev–Trinajstić information content (AvgIpc) is 3.09. The summed E-state index contributed by atoms with van der Waals surface area (Å²) in [4.78, 5) is 0. The predicted octanol–water partition coefficient (Wildman–Crippen LogP) is 4.32. The van der Waals surface area contributed by atoms with Crippen LogP contribution in [0.4, 0.5) is 5.69 Å². The minimum Gasteiger partial charge on any atom is -0.379 e. The summed E-state index contributed by atoms with van der Waals surface area (Å²) < 4.78 is 0. The van der Waals surface area contributed by atoms with E-state index in [4.69, 9.17) is 6.42 Å². The van der Waals surface area contributed by atoms with E-state index in [1.165, 1.54) is 30.5 Å². The highest BCUT2D eigenvalue weighted by Crippen LogP contribution is 2.53. The molecule has 3 rings (SSSR count). The van der Waals surface area contributed by atoms with Crippen LogP contribution in [0.2, 0.25) is 0 Å². The van der Waals surface area contributed by atoms with E-state index in [9.17, 15) is 0 Å². The van der Waals surface area contributed by atoms with Gasteiger partial charge >= 0.3 is 0 Å². The lowest BCUT2D eigenvalue weighted by Gasteiger charge is -2.39. The Hall–Kier alpha value is -1.42. The van der Waals surface area contributed by atoms with Gasteiger partial charge in [-0.05, 0) is 48.4 Å². The molecule has 1 nitrogen and oxygen atoms in total. The van der Waals surface area contributed by atoms with Crippen molar-refractivity contribution in [1.82, 2.24) is 0 Å². The Kier molecular flexibility index (Phi) is 3.15. The second-order valence-electron chi connectivity index (χ2n) is 5.87. The van der Waals surface area contributed by atoms with Crippen LogP contribution in [-0.4, -0.2) is 5.54 Å². The fraction of sp³-hybridized carbons (Fsp3) is 0.529. The molecule has 18 heavy (non-hydrogen) atoms. The van der Waals surface area contributed by atoms with E-state index in [0.29, 0.717) is 5.54 Å². The zero-order valence-corrected chi connectivity index (χ0v) is 11.9. The van der Waals surface area contributed by atoms with Crippen molar-refractivity contribution in [3.8, 4) is 12.3 Å². The summed E-state index contributed by atoms with van der Waals surface area (Å²) in [7, 11) is 0. The standard InChI is InChI=1S/C15H17N.C2H6/c1-4-11-5-6-13-12(9-11)14(2,3)10-15(16-13)7-8-15;1-2/h1,5-6,9,16H,7-8,10H2,2-3H3;1-2H3. The maximum absolute atomic E-state index is 5.47. The van der Waals surface area contributed by atoms with Crippen LogP contribution in [0, 0.1) is 12.3 Å². The molecule has 0 atom stereocenters. The first-order valence-electron chi connectivity index (χ1n) is 6.94. The molecule has 1 fully saturated rings. The summed E-state index contributed by atoms with van der Waals surface area (Å²) in [6.45, 7) is 8.65. The Morgan fingerprint density at radius 3 is 2.44 bits per heavy atom. The maximum Gasteiger partial charge on any atom is 0.0383 e. The SMILES string of the molecule is C#Cc1ccc2c(c1)C(C)(C)CC1(CC1)N2.CC. The first-order valence-corrected chi connectivity index (χ1v) is 6.94. The number of hydrogen-bond acceptors (Lipinski definition) is 1. The summed E-state index contributed by atoms with van der Waals surface area (Å²) in [6, 6.07) is 6.34. The quantitative estimate of drug-likeness (QED) is 0.667. The van der Waals surface area contributed by atoms with Gasteiger partial charge in [-0.2, -0.15) is 0 Å². The lowest BCUT2D eigenvalue weighted by Crippen LogP contribution is -2.37. The van der Waals surface area contributed by atoms with E-state index in [1.807, 2.05) is 19.9 Å². The molecule has 96 valence electrons. The van der Waals surface area contributed by atoms with Crippen molar-refractivity contribution in [2.45, 2.75) is 57.9 Å². The average molecular weight is 241 g/mol. The molecular weight excluding hydrogens is 218 g/mol. The summed E-state index contributed by atoms with van der Waals surface area (Å²) in [6.07, 6.45) is 9.31. The van der Waals surface area contributed by atoms with Crippen LogP contribution >= 0.6 is 0 Å². The summed E-state index contributed by atoms with van der Waals surface area (Å²) in [5.74, 6) is 2.72. The van der Waals surface area contributed by atoms with Crippen LogP contribution in [-0.2, 0) is 5.41 Å². The minimum absolute atomic E-state index is 0.240. The zero-order valence-electron chi connectivity index (χ0n) is 11.9. The molecule has 0 saturated heterocycles. The molecule has 0 bridgehead atoms. The molecule has 2 aliphatic rings. The van der Waals surface area contributed by atoms with E-state index >= 15 is 0 Å². The van der Waals surface area contributed by atoms with Gasteiger partial charge in [0.25, 0.3) is 0 Å². The highest BCUT2D eigenvalue weighted by atomic mass is 15.0. The minimum atomic E-state index is 0.240. The molecule has 1 N–H and O–H groups in total. The Bertz CT molecular complexity index is 487. The van der Waals surface area contributed by atoms with Gasteiger partial charge in [0.2, 0.25) is 0 Å². The normalized spacial score (nSPS) is 20.8. The summed E-state index contributed by atoms with van der Waals surface area (Å²) in [5.41, 5.74) is 4.28. The van der Waals surface area contributed by atoms with Crippen LogP contribution in [0.15, 0.2) is 18.2 Å². The third kappa shape index (κ3) is 2.12. The third-order valence-corrected chi connectivity index (χ3v) is 3.95. The molecule has 1 aliphatic heterocycles. The molecule has 0 radical (unpaired) electrons. The first-order chi connectivity index (χ1) is 8.55. The van der Waals surface area contributed by atoms with Gasteiger partial charge in [-0.15, -0.1) is 6.42 Å². The van der Waals surface area contributed by atoms with Gasteiger partial charge < -0.3 is 5.32 Å². The van der Waals surface area contributed by atoms with Gasteiger partial charge in [-0.25, -0.2) is 0 Å². The van der Waals surface area contributed by atoms with Crippen LogP contribution < -0.4 is 5.32 Å². The molecule has 1 aromatic carbocycles. The number of nitrogens with one attached hydrogen (secondary N) is 1. The largest absolute Gasteiger partial charge is 0.379 e. The number of anilines is 1. The number of rotatable bonds is 0. The number of benzene rings is 1. The topological polar surface area (TPSA) is 12.0 Å². The van der Waals surface area contributed by atoms with Gasteiger partial charge in [0.15, 0.2) is 0 Å². The summed E-state index contributed by atoms with van der Waals surface area (Å²) >= 11 is 0. The molecular formula is C17H23N. The third-order valence-electron chi connectivity index (χ3n) is 3.95. The molecule has 1 spiro atoms. The van der Waals surface area contributed by atoms with E-state index < -0.39 is 0 Å². The van der Waals surface area contributed by atoms with Gasteiger partial charge in [-0.3, -0.25) is 0 Å². The fourth-order valence-corrected chi connectivity index (χ4v) is 3.03. The lowest BCUT2D eigenvalue weighted by atomic mass is 9.74. The van der Waals surface area contributed by atoms with Crippen molar-refractivity contribution in [2.75, 3.05) is 5.32 Å². The number of fused-ring (bicyclic) bond motifs is 1. The van der Waals surface area contributed by atoms with Gasteiger partial charge in [0.05, 0.1) is 0 Å². The van der Waals surface area contributed by atoms with Crippen molar-refractivity contribution < 1.29 is 0 Å². The molecule has 1 heterocycles. The smallest absolute Gasteiger partial charge is 0.0383 e. The van der Waals surface area contributed by atoms with Gasteiger partial charge in [0.1, 0.15) is 0 Å². The molecule has 1 saturated carbocycles. The fourth-order valence-electron chi connectivity index (χ4n) is 3.03. The highest BCUT2D eigenvalue weighted by Gasteiger charge is 2.50. The molecule has 0 unspecified atom stereocenters. The highest BCUT2D eigenvalue weighted by molar-refractivity contribution is 5.62. The van der Waals surface area contributed by atoms with Crippen LogP contribution in [0.25, 0.3) is 0 Å². The van der Waals surface area contributed by atoms with E-state index in [-0.39, 0.29) is 5.41 Å². The van der Waals surface area contributed by atoms with E-state index in [2.05, 4.69) is 37.2 Å². The first kappa shape index (κ1) is 13.0. The Labute approximate surface area is 111 Å². The Morgan fingerprint density at radius 1 is 1.22 bits per heavy atom. The van der Waals surface area contributed by atoms with Crippen molar-refractivity contribution >= 4 is 5.69 Å². The van der Waals surface area contributed by atoms with E-state index in [0.717, 1.165) is 5.56 Å². The second-order valence-corrected chi connectivity index (χ2v) is 5.87.